The van der Waals surface area contributed by atoms with Gasteiger partial charge in [-0.1, -0.05) is 24.6 Å². The Labute approximate surface area is 132 Å². The van der Waals surface area contributed by atoms with Gasteiger partial charge in [0.2, 0.25) is 0 Å². The second kappa shape index (κ2) is 5.83. The van der Waals surface area contributed by atoms with E-state index in [4.69, 9.17) is 22.1 Å². The highest BCUT2D eigenvalue weighted by Crippen LogP contribution is 2.38. The first-order valence-corrected chi connectivity index (χ1v) is 8.18. The van der Waals surface area contributed by atoms with Crippen molar-refractivity contribution < 1.29 is 9.53 Å². The number of hydrogen-bond donors (Lipinski definition) is 1. The maximum absolute atomic E-state index is 12.8. The van der Waals surface area contributed by atoms with Crippen molar-refractivity contribution in [2.45, 2.75) is 19.4 Å². The molecule has 0 aliphatic carbocycles. The van der Waals surface area contributed by atoms with Gasteiger partial charge in [0, 0.05) is 16.6 Å². The summed E-state index contributed by atoms with van der Waals surface area (Å²) in [5, 5.41) is 1.38. The molecule has 6 heteroatoms. The van der Waals surface area contributed by atoms with Crippen LogP contribution in [0.4, 0.5) is 5.69 Å². The lowest BCUT2D eigenvalue weighted by Gasteiger charge is -2.34. The van der Waals surface area contributed by atoms with Gasteiger partial charge in [0.1, 0.15) is 4.88 Å². The molecule has 3 rings (SSSR count). The van der Waals surface area contributed by atoms with Gasteiger partial charge >= 0.3 is 0 Å². The van der Waals surface area contributed by atoms with Crippen molar-refractivity contribution in [1.29, 1.82) is 0 Å². The van der Waals surface area contributed by atoms with Crippen LogP contribution >= 0.6 is 22.9 Å². The van der Waals surface area contributed by atoms with Crippen LogP contribution in [0.2, 0.25) is 5.02 Å². The van der Waals surface area contributed by atoms with Crippen LogP contribution in [0, 0.1) is 0 Å². The first-order chi connectivity index (χ1) is 10.1. The number of nitrogens with zero attached hydrogens (tertiary/aromatic N) is 1. The normalized spacial score (nSPS) is 19.1. The molecule has 1 unspecified atom stereocenters. The number of thiophene rings is 1. The fraction of sp³-hybridized carbons (Fsp3) is 0.400. The average Bonchev–Trinajstić information content (AvgIpc) is 2.85. The molecule has 2 aromatic rings. The van der Waals surface area contributed by atoms with Crippen LogP contribution < -0.4 is 5.73 Å². The van der Waals surface area contributed by atoms with E-state index in [0.29, 0.717) is 35.3 Å². The molecule has 1 amide bonds. The van der Waals surface area contributed by atoms with Gasteiger partial charge in [0.25, 0.3) is 5.91 Å². The van der Waals surface area contributed by atoms with E-state index in [-0.39, 0.29) is 11.9 Å². The fourth-order valence-corrected chi connectivity index (χ4v) is 4.12. The van der Waals surface area contributed by atoms with Gasteiger partial charge in [-0.2, -0.15) is 0 Å². The molecule has 0 spiro atoms. The van der Waals surface area contributed by atoms with Crippen molar-refractivity contribution >= 4 is 44.6 Å². The van der Waals surface area contributed by atoms with E-state index < -0.39 is 0 Å². The number of carbonyl (C=O) groups is 1. The minimum Gasteiger partial charge on any atom is -0.397 e. The van der Waals surface area contributed by atoms with Gasteiger partial charge in [0.05, 0.1) is 30.0 Å². The molecule has 1 aromatic carbocycles. The number of ether oxygens (including phenoxy) is 1. The number of anilines is 1. The number of nitrogens with two attached hydrogens (primary N) is 1. The Morgan fingerprint density at radius 1 is 1.57 bits per heavy atom. The van der Waals surface area contributed by atoms with Crippen molar-refractivity contribution in [3.05, 3.63) is 28.1 Å². The van der Waals surface area contributed by atoms with Gasteiger partial charge in [0.15, 0.2) is 0 Å². The van der Waals surface area contributed by atoms with Gasteiger partial charge in [-0.25, -0.2) is 0 Å². The number of hydrogen-bond acceptors (Lipinski definition) is 4. The summed E-state index contributed by atoms with van der Waals surface area (Å²) in [6.45, 7) is 3.84. The summed E-state index contributed by atoms with van der Waals surface area (Å²) in [7, 11) is 0. The first kappa shape index (κ1) is 14.6. The molecule has 112 valence electrons. The number of benzene rings is 1. The van der Waals surface area contributed by atoms with E-state index in [1.807, 2.05) is 17.0 Å². The Kier molecular flexibility index (Phi) is 4.06. The highest BCUT2D eigenvalue weighted by molar-refractivity contribution is 7.21. The maximum atomic E-state index is 12.8. The smallest absolute Gasteiger partial charge is 0.266 e. The quantitative estimate of drug-likeness (QED) is 0.921. The van der Waals surface area contributed by atoms with Crippen molar-refractivity contribution in [2.24, 2.45) is 0 Å². The average molecular weight is 325 g/mol. The zero-order chi connectivity index (χ0) is 15.0. The first-order valence-electron chi connectivity index (χ1n) is 6.98. The summed E-state index contributed by atoms with van der Waals surface area (Å²) >= 11 is 7.61. The Bertz CT molecular complexity index is 686. The number of fused-ring (bicyclic) bond motifs is 1. The molecule has 1 saturated heterocycles. The Morgan fingerprint density at radius 2 is 2.38 bits per heavy atom. The van der Waals surface area contributed by atoms with Crippen LogP contribution in [-0.2, 0) is 4.74 Å². The SMILES string of the molecule is CCC1COCCN1C(=O)c1sc2cccc(Cl)c2c1N. The van der Waals surface area contributed by atoms with Crippen molar-refractivity contribution in [2.75, 3.05) is 25.5 Å². The molecule has 0 saturated carbocycles. The number of nitrogen functional groups attached to an aromatic ring is 1. The predicted octanol–water partition coefficient (Wildman–Crippen LogP) is 3.39. The summed E-state index contributed by atoms with van der Waals surface area (Å²) < 4.78 is 6.40. The standard InChI is InChI=1S/C15H17ClN2O2S/c1-2-9-8-20-7-6-18(9)15(19)14-13(17)12-10(16)4-3-5-11(12)21-14/h3-5,9H,2,6-8,17H2,1H3. The highest BCUT2D eigenvalue weighted by Gasteiger charge is 2.29. The van der Waals surface area contributed by atoms with E-state index in [1.54, 1.807) is 6.07 Å². The molecule has 1 atom stereocenters. The van der Waals surface area contributed by atoms with E-state index in [0.717, 1.165) is 16.5 Å². The third-order valence-corrected chi connectivity index (χ3v) is 5.33. The molecule has 0 radical (unpaired) electrons. The fourth-order valence-electron chi connectivity index (χ4n) is 2.68. The second-order valence-corrected chi connectivity index (χ2v) is 6.55. The number of rotatable bonds is 2. The summed E-state index contributed by atoms with van der Waals surface area (Å²) in [6.07, 6.45) is 0.872. The molecule has 1 aromatic heterocycles. The van der Waals surface area contributed by atoms with Crippen LogP contribution in [-0.4, -0.2) is 36.6 Å². The van der Waals surface area contributed by atoms with E-state index in [9.17, 15) is 4.79 Å². The van der Waals surface area contributed by atoms with E-state index >= 15 is 0 Å². The van der Waals surface area contributed by atoms with Crippen molar-refractivity contribution in [1.82, 2.24) is 4.90 Å². The number of carbonyl (C=O) groups excluding carboxylic acids is 1. The maximum Gasteiger partial charge on any atom is 0.266 e. The van der Waals surface area contributed by atoms with Crippen LogP contribution in [0.15, 0.2) is 18.2 Å². The minimum atomic E-state index is -0.0140. The zero-order valence-corrected chi connectivity index (χ0v) is 13.3. The lowest BCUT2D eigenvalue weighted by Crippen LogP contribution is -2.48. The Hall–Kier alpha value is -1.30. The summed E-state index contributed by atoms with van der Waals surface area (Å²) in [4.78, 5) is 15.3. The van der Waals surface area contributed by atoms with Crippen molar-refractivity contribution in [3.63, 3.8) is 0 Å². The van der Waals surface area contributed by atoms with Crippen LogP contribution in [0.5, 0.6) is 0 Å². The molecule has 2 heterocycles. The van der Waals surface area contributed by atoms with Gasteiger partial charge in [-0.05, 0) is 18.6 Å². The van der Waals surface area contributed by atoms with E-state index in [2.05, 4.69) is 6.92 Å². The van der Waals surface area contributed by atoms with Crippen LogP contribution in [0.3, 0.4) is 0 Å². The highest BCUT2D eigenvalue weighted by atomic mass is 35.5. The molecule has 1 aliphatic heterocycles. The monoisotopic (exact) mass is 324 g/mol. The summed E-state index contributed by atoms with van der Waals surface area (Å²) in [6, 6.07) is 5.73. The Morgan fingerprint density at radius 3 is 3.10 bits per heavy atom. The molecular weight excluding hydrogens is 308 g/mol. The molecular formula is C15H17ClN2O2S. The number of morpholine rings is 1. The van der Waals surface area contributed by atoms with Crippen LogP contribution in [0.1, 0.15) is 23.0 Å². The third kappa shape index (κ3) is 2.50. The molecule has 2 N–H and O–H groups in total. The Balaban J connectivity index is 2.01. The largest absolute Gasteiger partial charge is 0.397 e. The lowest BCUT2D eigenvalue weighted by atomic mass is 10.1. The number of halogens is 1. The summed E-state index contributed by atoms with van der Waals surface area (Å²) in [5.74, 6) is -0.0140. The van der Waals surface area contributed by atoms with Crippen LogP contribution in [0.25, 0.3) is 10.1 Å². The topological polar surface area (TPSA) is 55.6 Å². The molecule has 0 bridgehead atoms. The predicted molar refractivity (Wildman–Crippen MR) is 87.2 cm³/mol. The zero-order valence-electron chi connectivity index (χ0n) is 11.8. The van der Waals surface area contributed by atoms with Gasteiger partial charge in [-0.15, -0.1) is 11.3 Å². The van der Waals surface area contributed by atoms with Gasteiger partial charge in [-0.3, -0.25) is 4.79 Å². The molecule has 4 nitrogen and oxygen atoms in total. The van der Waals surface area contributed by atoms with E-state index in [1.165, 1.54) is 11.3 Å². The molecule has 1 aliphatic rings. The third-order valence-electron chi connectivity index (χ3n) is 3.86. The molecule has 1 fully saturated rings. The summed E-state index contributed by atoms with van der Waals surface area (Å²) in [5.41, 5.74) is 6.67. The molecule has 21 heavy (non-hydrogen) atoms. The van der Waals surface area contributed by atoms with Crippen molar-refractivity contribution in [3.8, 4) is 0 Å². The second-order valence-electron chi connectivity index (χ2n) is 5.09. The number of amides is 1. The lowest BCUT2D eigenvalue weighted by molar-refractivity contribution is -0.00248. The minimum absolute atomic E-state index is 0.0140. The van der Waals surface area contributed by atoms with Gasteiger partial charge < -0.3 is 15.4 Å².